The summed E-state index contributed by atoms with van der Waals surface area (Å²) in [6.45, 7) is 1.42. The Morgan fingerprint density at radius 2 is 1.25 bits per heavy atom. The van der Waals surface area contributed by atoms with Crippen LogP contribution >= 0.6 is 22.6 Å². The highest BCUT2D eigenvalue weighted by Gasteiger charge is 2.31. The highest BCUT2D eigenvalue weighted by Crippen LogP contribution is 2.17. The first-order valence-corrected chi connectivity index (χ1v) is 17.3. The van der Waals surface area contributed by atoms with Crippen LogP contribution < -0.4 is 38.5 Å². The number of rotatable bonds is 19. The summed E-state index contributed by atoms with van der Waals surface area (Å²) in [7, 11) is 0. The second kappa shape index (κ2) is 19.8. The number of nitrogens with zero attached hydrogens (tertiary/aromatic N) is 1. The summed E-state index contributed by atoms with van der Waals surface area (Å²) in [6.07, 6.45) is -0.264. The minimum atomic E-state index is -1.32. The number of benzene rings is 3. The Morgan fingerprint density at radius 3 is 1.86 bits per heavy atom. The Labute approximate surface area is 308 Å². The number of carbonyl (C=O) groups excluding carboxylic acids is 5. The maximum atomic E-state index is 14.0. The maximum Gasteiger partial charge on any atom is 0.303 e. The Kier molecular flexibility index (Phi) is 15.6. The van der Waals surface area contributed by atoms with Crippen LogP contribution in [0, 0.1) is 3.57 Å². The van der Waals surface area contributed by atoms with E-state index in [0.29, 0.717) is 5.56 Å². The number of aliphatic imine (C=N–C) groups is 1. The zero-order chi connectivity index (χ0) is 37.5. The van der Waals surface area contributed by atoms with E-state index in [9.17, 15) is 28.8 Å². The molecule has 15 nitrogen and oxygen atoms in total. The van der Waals surface area contributed by atoms with Crippen LogP contribution in [-0.4, -0.2) is 77.3 Å². The van der Waals surface area contributed by atoms with Gasteiger partial charge in [0.1, 0.15) is 24.2 Å². The van der Waals surface area contributed by atoms with Gasteiger partial charge in [-0.15, -0.1) is 0 Å². The predicted octanol–water partition coefficient (Wildman–Crippen LogP) is 0.592. The number of halogens is 1. The minimum Gasteiger partial charge on any atom is -0.481 e. The van der Waals surface area contributed by atoms with Gasteiger partial charge < -0.3 is 43.6 Å². The fourth-order valence-electron chi connectivity index (χ4n) is 5.26. The number of amides is 5. The van der Waals surface area contributed by atoms with Crippen molar-refractivity contribution in [3.8, 4) is 0 Å². The molecule has 0 aliphatic heterocycles. The molecule has 0 aliphatic rings. The van der Waals surface area contributed by atoms with E-state index in [1.54, 1.807) is 6.07 Å². The Hall–Kier alpha value is -5.26. The number of hydrogen-bond donors (Lipinski definition) is 8. The zero-order valence-electron chi connectivity index (χ0n) is 28.1. The van der Waals surface area contributed by atoms with Crippen molar-refractivity contribution < 1.29 is 33.9 Å². The molecule has 16 heteroatoms. The summed E-state index contributed by atoms with van der Waals surface area (Å²) in [5.74, 6) is -4.88. The van der Waals surface area contributed by atoms with Gasteiger partial charge in [-0.05, 0) is 75.9 Å². The summed E-state index contributed by atoms with van der Waals surface area (Å²) < 4.78 is 0.987. The molecule has 0 aromatic heterocycles. The average molecular weight is 815 g/mol. The Morgan fingerprint density at radius 1 is 0.706 bits per heavy atom. The molecule has 5 amide bonds. The second-order valence-electron chi connectivity index (χ2n) is 11.9. The quantitative estimate of drug-likeness (QED) is 0.0364. The molecule has 0 aliphatic carbocycles. The van der Waals surface area contributed by atoms with Gasteiger partial charge in [0.05, 0.1) is 0 Å². The first kappa shape index (κ1) is 40.2. The molecule has 0 fully saturated rings. The third-order valence-corrected chi connectivity index (χ3v) is 8.54. The van der Waals surface area contributed by atoms with E-state index in [2.05, 4.69) is 48.9 Å². The van der Waals surface area contributed by atoms with Crippen molar-refractivity contribution >= 4 is 74.8 Å². The van der Waals surface area contributed by atoms with Crippen LogP contribution in [0.2, 0.25) is 0 Å². The van der Waals surface area contributed by atoms with Crippen molar-refractivity contribution in [2.45, 2.75) is 69.6 Å². The molecule has 0 radical (unpaired) electrons. The van der Waals surface area contributed by atoms with Crippen molar-refractivity contribution in [2.75, 3.05) is 6.54 Å². The molecule has 4 atom stereocenters. The molecule has 272 valence electrons. The number of carboxylic acid groups (broad SMARTS) is 1. The average Bonchev–Trinajstić information content (AvgIpc) is 3.07. The van der Waals surface area contributed by atoms with Crippen LogP contribution in [0.25, 0.3) is 10.8 Å². The lowest BCUT2D eigenvalue weighted by atomic mass is 9.99. The van der Waals surface area contributed by atoms with Gasteiger partial charge in [-0.2, -0.15) is 0 Å². The van der Waals surface area contributed by atoms with Gasteiger partial charge in [-0.1, -0.05) is 54.6 Å². The number of guanidine groups is 1. The zero-order valence-corrected chi connectivity index (χ0v) is 30.2. The lowest BCUT2D eigenvalue weighted by Crippen LogP contribution is -2.58. The lowest BCUT2D eigenvalue weighted by molar-refractivity contribution is -0.138. The summed E-state index contributed by atoms with van der Waals surface area (Å²) in [5, 5.41) is 21.5. The monoisotopic (exact) mass is 814 g/mol. The number of fused-ring (bicyclic) bond motifs is 1. The summed E-state index contributed by atoms with van der Waals surface area (Å²) >= 11 is 2.15. The van der Waals surface area contributed by atoms with Crippen molar-refractivity contribution in [1.82, 2.24) is 21.3 Å². The SMILES string of the molecule is CC(=O)N[C@H](Cc1ccc(I)cc1)C(=O)N[C@@H](CCCN=C(N)N)C(=O)N[C@@H](Cc1ccc2ccccc2c1)C(=O)N[C@@H](CCC(=O)O)C(N)=O. The van der Waals surface area contributed by atoms with E-state index in [1.807, 2.05) is 60.7 Å². The first-order valence-electron chi connectivity index (χ1n) is 16.2. The largest absolute Gasteiger partial charge is 0.481 e. The van der Waals surface area contributed by atoms with Crippen molar-refractivity contribution in [1.29, 1.82) is 0 Å². The van der Waals surface area contributed by atoms with Gasteiger partial charge in [0, 0.05) is 36.3 Å². The smallest absolute Gasteiger partial charge is 0.303 e. The van der Waals surface area contributed by atoms with Crippen LogP contribution in [0.4, 0.5) is 0 Å². The number of hydrogen-bond acceptors (Lipinski definition) is 7. The Balaban J connectivity index is 1.91. The molecular formula is C35H43IN8O7. The van der Waals surface area contributed by atoms with E-state index >= 15 is 0 Å². The molecule has 0 spiro atoms. The molecule has 0 bridgehead atoms. The number of primary amides is 1. The van der Waals surface area contributed by atoms with Crippen LogP contribution in [-0.2, 0) is 41.6 Å². The molecule has 0 heterocycles. The third kappa shape index (κ3) is 13.9. The topological polar surface area (TPSA) is 261 Å². The molecule has 3 aromatic rings. The lowest BCUT2D eigenvalue weighted by Gasteiger charge is -2.26. The van der Waals surface area contributed by atoms with Gasteiger partial charge in [-0.3, -0.25) is 33.8 Å². The summed E-state index contributed by atoms with van der Waals surface area (Å²) in [6, 6.07) is 15.6. The minimum absolute atomic E-state index is 0.0250. The number of nitrogens with one attached hydrogen (secondary N) is 4. The van der Waals surface area contributed by atoms with Crippen molar-refractivity contribution in [3.05, 3.63) is 81.4 Å². The fraction of sp³-hybridized carbons (Fsp3) is 0.343. The van der Waals surface area contributed by atoms with Crippen LogP contribution in [0.1, 0.15) is 43.7 Å². The van der Waals surface area contributed by atoms with E-state index in [1.165, 1.54) is 6.92 Å². The first-order chi connectivity index (χ1) is 24.2. The maximum absolute atomic E-state index is 14.0. The summed E-state index contributed by atoms with van der Waals surface area (Å²) in [4.78, 5) is 80.6. The Bertz CT molecular complexity index is 1750. The van der Waals surface area contributed by atoms with Crippen molar-refractivity contribution in [3.63, 3.8) is 0 Å². The van der Waals surface area contributed by atoms with E-state index in [4.69, 9.17) is 22.3 Å². The van der Waals surface area contributed by atoms with E-state index in [-0.39, 0.29) is 44.6 Å². The molecule has 3 rings (SSSR count). The number of nitrogens with two attached hydrogens (primary N) is 3. The van der Waals surface area contributed by atoms with Gasteiger partial charge in [0.2, 0.25) is 29.5 Å². The standard InChI is InChI=1S/C35H43IN8O7/c1-20(45)41-28(18-21-9-12-25(36)13-10-21)33(50)43-27(7-4-16-40-35(38)39)32(49)44-29(34(51)42-26(31(37)48)14-15-30(46)47)19-22-8-11-23-5-2-3-6-24(23)17-22/h2-3,5-6,8-13,17,26-29H,4,7,14-16,18-19H2,1H3,(H2,37,48)(H,41,45)(H,42,51)(H,43,50)(H,44,49)(H,46,47)(H4,38,39,40)/t26-,27-,28+,29-/m0/s1. The van der Waals surface area contributed by atoms with Crippen molar-refractivity contribution in [2.24, 2.45) is 22.2 Å². The fourth-order valence-corrected chi connectivity index (χ4v) is 5.62. The van der Waals surface area contributed by atoms with Gasteiger partial charge >= 0.3 is 5.97 Å². The van der Waals surface area contributed by atoms with E-state index < -0.39 is 66.1 Å². The van der Waals surface area contributed by atoms with Crippen LogP contribution in [0.15, 0.2) is 71.7 Å². The second-order valence-corrected chi connectivity index (χ2v) is 13.2. The highest BCUT2D eigenvalue weighted by molar-refractivity contribution is 14.1. The van der Waals surface area contributed by atoms with Crippen LogP contribution in [0.5, 0.6) is 0 Å². The summed E-state index contributed by atoms with van der Waals surface area (Å²) in [5.41, 5.74) is 17.8. The number of carbonyl (C=O) groups is 6. The molecule has 51 heavy (non-hydrogen) atoms. The third-order valence-electron chi connectivity index (χ3n) is 7.82. The molecule has 11 N–H and O–H groups in total. The molecule has 0 saturated heterocycles. The number of carboxylic acids is 1. The molecule has 0 saturated carbocycles. The molecule has 3 aromatic carbocycles. The van der Waals surface area contributed by atoms with Gasteiger partial charge in [0.25, 0.3) is 0 Å². The molecular weight excluding hydrogens is 771 g/mol. The van der Waals surface area contributed by atoms with Gasteiger partial charge in [-0.25, -0.2) is 0 Å². The predicted molar refractivity (Wildman–Crippen MR) is 200 cm³/mol. The van der Waals surface area contributed by atoms with Gasteiger partial charge in [0.15, 0.2) is 5.96 Å². The normalized spacial score (nSPS) is 13.1. The number of aliphatic carboxylic acids is 1. The van der Waals surface area contributed by atoms with E-state index in [0.717, 1.165) is 19.9 Å². The van der Waals surface area contributed by atoms with Crippen LogP contribution in [0.3, 0.4) is 0 Å². The molecule has 0 unspecified atom stereocenters. The highest BCUT2D eigenvalue weighted by atomic mass is 127.